The van der Waals surface area contributed by atoms with Crippen LogP contribution >= 0.6 is 0 Å². The number of halogens is 5. The van der Waals surface area contributed by atoms with Crippen LogP contribution in [0.3, 0.4) is 0 Å². The first-order chi connectivity index (χ1) is 15.1. The topological polar surface area (TPSA) is 66.9 Å². The number of ether oxygens (including phenoxy) is 1. The number of hydrogen-bond acceptors (Lipinski definition) is 4. The maximum absolute atomic E-state index is 13.6. The van der Waals surface area contributed by atoms with Crippen molar-refractivity contribution in [2.24, 2.45) is 7.05 Å². The third-order valence-corrected chi connectivity index (χ3v) is 5.96. The molecule has 1 aromatic carbocycles. The van der Waals surface area contributed by atoms with Crippen molar-refractivity contribution in [3.63, 3.8) is 0 Å². The summed E-state index contributed by atoms with van der Waals surface area (Å²) in [6.45, 7) is 0. The molecular formula is C20H18F5N5O2. The Morgan fingerprint density at radius 1 is 1.06 bits per heavy atom. The second-order valence-electron chi connectivity index (χ2n) is 8.12. The van der Waals surface area contributed by atoms with Gasteiger partial charge in [0.1, 0.15) is 23.6 Å². The summed E-state index contributed by atoms with van der Waals surface area (Å²) in [6.07, 6.45) is -3.16. The Labute approximate surface area is 178 Å². The van der Waals surface area contributed by atoms with E-state index in [1.807, 2.05) is 0 Å². The molecule has 5 rings (SSSR count). The molecule has 0 spiro atoms. The van der Waals surface area contributed by atoms with Crippen molar-refractivity contribution in [2.75, 3.05) is 0 Å². The first kappa shape index (κ1) is 20.7. The standard InChI is InChI=1S/C20H18F5N5O2/c1-28-18(9-16(26-28)20(23,24)25)32-14-7-13(8-14)30-19(31)29-15(2-3-17(29)27-30)10-4-11(21)6-12(22)5-10/h4-6,9,13-15H,2-3,7-8H2,1H3/t13?,14?,15-/m0/s1. The zero-order chi connectivity index (χ0) is 22.8. The van der Waals surface area contributed by atoms with E-state index in [2.05, 4.69) is 10.2 Å². The number of hydrogen-bond donors (Lipinski definition) is 0. The first-order valence-electron chi connectivity index (χ1n) is 10.0. The van der Waals surface area contributed by atoms with Crippen molar-refractivity contribution < 1.29 is 26.7 Å². The molecule has 1 atom stereocenters. The maximum atomic E-state index is 13.6. The third-order valence-electron chi connectivity index (χ3n) is 5.96. The maximum Gasteiger partial charge on any atom is 0.435 e. The Morgan fingerprint density at radius 2 is 1.75 bits per heavy atom. The van der Waals surface area contributed by atoms with Gasteiger partial charge >= 0.3 is 11.9 Å². The number of aryl methyl sites for hydroxylation is 2. The number of fused-ring (bicyclic) bond motifs is 1. The summed E-state index contributed by atoms with van der Waals surface area (Å²) in [6, 6.07) is 3.27. The van der Waals surface area contributed by atoms with Crippen LogP contribution in [0.15, 0.2) is 29.1 Å². The molecule has 0 saturated heterocycles. The summed E-state index contributed by atoms with van der Waals surface area (Å²) in [4.78, 5) is 13.0. The van der Waals surface area contributed by atoms with Crippen LogP contribution in [0.1, 0.15) is 48.4 Å². The van der Waals surface area contributed by atoms with E-state index < -0.39 is 29.5 Å². The van der Waals surface area contributed by atoms with Gasteiger partial charge in [-0.15, -0.1) is 0 Å². The minimum absolute atomic E-state index is 0.00588. The molecule has 170 valence electrons. The lowest BCUT2D eigenvalue weighted by Gasteiger charge is -2.34. The van der Waals surface area contributed by atoms with Crippen LogP contribution in [0.5, 0.6) is 5.88 Å². The van der Waals surface area contributed by atoms with Gasteiger partial charge < -0.3 is 4.74 Å². The zero-order valence-corrected chi connectivity index (χ0v) is 16.8. The van der Waals surface area contributed by atoms with E-state index >= 15 is 0 Å². The highest BCUT2D eigenvalue weighted by Crippen LogP contribution is 2.37. The predicted molar refractivity (Wildman–Crippen MR) is 100 cm³/mol. The molecule has 3 heterocycles. The molecule has 0 radical (unpaired) electrons. The van der Waals surface area contributed by atoms with E-state index in [0.29, 0.717) is 37.1 Å². The third kappa shape index (κ3) is 3.47. The van der Waals surface area contributed by atoms with Crippen molar-refractivity contribution in [1.82, 2.24) is 24.1 Å². The quantitative estimate of drug-likeness (QED) is 0.566. The van der Waals surface area contributed by atoms with E-state index in [1.165, 1.54) is 28.4 Å². The van der Waals surface area contributed by atoms with Crippen LogP contribution < -0.4 is 10.4 Å². The van der Waals surface area contributed by atoms with Crippen LogP contribution in [0, 0.1) is 11.6 Å². The first-order valence-corrected chi connectivity index (χ1v) is 10.0. The smallest absolute Gasteiger partial charge is 0.435 e. The van der Waals surface area contributed by atoms with Crippen molar-refractivity contribution in [1.29, 1.82) is 0 Å². The van der Waals surface area contributed by atoms with Crippen LogP contribution in [-0.2, 0) is 19.6 Å². The van der Waals surface area contributed by atoms with Crippen molar-refractivity contribution in [2.45, 2.75) is 50.0 Å². The fraction of sp³-hybridized carbons (Fsp3) is 0.450. The minimum Gasteiger partial charge on any atom is -0.474 e. The molecule has 1 fully saturated rings. The van der Waals surface area contributed by atoms with Gasteiger partial charge in [-0.3, -0.25) is 4.57 Å². The molecule has 0 bridgehead atoms. The van der Waals surface area contributed by atoms with Crippen LogP contribution in [-0.4, -0.2) is 30.2 Å². The monoisotopic (exact) mass is 455 g/mol. The molecule has 32 heavy (non-hydrogen) atoms. The van der Waals surface area contributed by atoms with Gasteiger partial charge in [0.2, 0.25) is 5.88 Å². The second-order valence-corrected chi connectivity index (χ2v) is 8.12. The van der Waals surface area contributed by atoms with Crippen LogP contribution in [0.4, 0.5) is 22.0 Å². The van der Waals surface area contributed by atoms with Crippen molar-refractivity contribution in [3.05, 3.63) is 63.5 Å². The molecule has 1 aliphatic heterocycles. The summed E-state index contributed by atoms with van der Waals surface area (Å²) in [5, 5.41) is 7.80. The number of rotatable bonds is 4. The van der Waals surface area contributed by atoms with E-state index in [1.54, 1.807) is 0 Å². The van der Waals surface area contributed by atoms with Gasteiger partial charge in [0.25, 0.3) is 0 Å². The number of benzene rings is 1. The highest BCUT2D eigenvalue weighted by molar-refractivity contribution is 5.25. The summed E-state index contributed by atoms with van der Waals surface area (Å²) in [7, 11) is 1.36. The second kappa shape index (κ2) is 7.17. The molecule has 2 aromatic heterocycles. The average molecular weight is 455 g/mol. The van der Waals surface area contributed by atoms with Gasteiger partial charge in [-0.1, -0.05) is 0 Å². The molecule has 1 aliphatic carbocycles. The van der Waals surface area contributed by atoms with Crippen molar-refractivity contribution >= 4 is 0 Å². The summed E-state index contributed by atoms with van der Waals surface area (Å²) in [5.41, 5.74) is -1.04. The minimum atomic E-state index is -4.56. The van der Waals surface area contributed by atoms with Gasteiger partial charge in [-0.25, -0.2) is 22.9 Å². The van der Waals surface area contributed by atoms with Gasteiger partial charge in [-0.05, 0) is 24.1 Å². The summed E-state index contributed by atoms with van der Waals surface area (Å²) in [5.74, 6) is -0.891. The van der Waals surface area contributed by atoms with Crippen LogP contribution in [0.25, 0.3) is 0 Å². The number of aromatic nitrogens is 5. The average Bonchev–Trinajstić information content (AvgIpc) is 3.32. The Hall–Kier alpha value is -3.18. The predicted octanol–water partition coefficient (Wildman–Crippen LogP) is 3.39. The van der Waals surface area contributed by atoms with E-state index in [0.717, 1.165) is 16.8 Å². The fourth-order valence-corrected chi connectivity index (χ4v) is 4.34. The fourth-order valence-electron chi connectivity index (χ4n) is 4.34. The van der Waals surface area contributed by atoms with Gasteiger partial charge in [0.05, 0.1) is 12.1 Å². The molecule has 2 aliphatic rings. The summed E-state index contributed by atoms with van der Waals surface area (Å²) >= 11 is 0. The van der Waals surface area contributed by atoms with E-state index in [9.17, 15) is 26.7 Å². The molecule has 0 amide bonds. The normalized spacial score (nSPS) is 22.6. The lowest BCUT2D eigenvalue weighted by molar-refractivity contribution is -0.141. The van der Waals surface area contributed by atoms with E-state index in [-0.39, 0.29) is 23.7 Å². The molecule has 3 aromatic rings. The van der Waals surface area contributed by atoms with Gasteiger partial charge in [-0.2, -0.15) is 23.4 Å². The number of alkyl halides is 3. The highest BCUT2D eigenvalue weighted by Gasteiger charge is 2.39. The Kier molecular flexibility index (Phi) is 4.64. The molecule has 7 nitrogen and oxygen atoms in total. The molecule has 12 heteroatoms. The number of nitrogens with zero attached hydrogens (tertiary/aromatic N) is 5. The molecular weight excluding hydrogens is 437 g/mol. The Bertz CT molecular complexity index is 1220. The van der Waals surface area contributed by atoms with Crippen LogP contribution in [0.2, 0.25) is 0 Å². The largest absolute Gasteiger partial charge is 0.474 e. The summed E-state index contributed by atoms with van der Waals surface area (Å²) < 4.78 is 75.1. The lowest BCUT2D eigenvalue weighted by atomic mass is 9.89. The molecule has 0 unspecified atom stereocenters. The SMILES string of the molecule is Cn1nc(C(F)(F)F)cc1OC1CC(n2nc3n(c2=O)[C@H](c2cc(F)cc(F)c2)CC3)C1. The Balaban J connectivity index is 1.31. The lowest BCUT2D eigenvalue weighted by Crippen LogP contribution is -2.41. The van der Waals surface area contributed by atoms with Gasteiger partial charge in [0.15, 0.2) is 5.69 Å². The van der Waals surface area contributed by atoms with Crippen molar-refractivity contribution in [3.8, 4) is 5.88 Å². The zero-order valence-electron chi connectivity index (χ0n) is 16.8. The Morgan fingerprint density at radius 3 is 2.38 bits per heavy atom. The van der Waals surface area contributed by atoms with E-state index in [4.69, 9.17) is 4.74 Å². The highest BCUT2D eigenvalue weighted by atomic mass is 19.4. The molecule has 1 saturated carbocycles. The molecule has 0 N–H and O–H groups in total. The van der Waals surface area contributed by atoms with Gasteiger partial charge in [0, 0.05) is 38.4 Å².